The first-order valence-corrected chi connectivity index (χ1v) is 13.7. The number of anilines is 1. The van der Waals surface area contributed by atoms with Crippen molar-refractivity contribution in [3.63, 3.8) is 0 Å². The van der Waals surface area contributed by atoms with Crippen LogP contribution < -0.4 is 19.7 Å². The third-order valence-electron chi connectivity index (χ3n) is 7.96. The van der Waals surface area contributed by atoms with Crippen LogP contribution in [0.1, 0.15) is 57.9 Å². The van der Waals surface area contributed by atoms with Gasteiger partial charge in [-0.3, -0.25) is 9.59 Å². The van der Waals surface area contributed by atoms with Gasteiger partial charge in [-0.15, -0.1) is 0 Å². The Balaban J connectivity index is 1.40. The number of nitrogens with zero attached hydrogens (tertiary/aromatic N) is 2. The summed E-state index contributed by atoms with van der Waals surface area (Å²) in [7, 11) is 3.22. The van der Waals surface area contributed by atoms with Gasteiger partial charge in [0.2, 0.25) is 5.91 Å². The Bertz CT molecular complexity index is 1370. The first-order valence-electron chi connectivity index (χ1n) is 13.7. The van der Waals surface area contributed by atoms with Crippen LogP contribution in [0.3, 0.4) is 0 Å². The molecule has 5 rings (SSSR count). The monoisotopic (exact) mass is 527 g/mol. The van der Waals surface area contributed by atoms with E-state index in [0.717, 1.165) is 36.2 Å². The molecule has 2 heterocycles. The summed E-state index contributed by atoms with van der Waals surface area (Å²) >= 11 is 0. The minimum absolute atomic E-state index is 0.0307. The van der Waals surface area contributed by atoms with Crippen molar-refractivity contribution in [1.29, 1.82) is 0 Å². The standard InChI is InChI=1S/C32H37N3O4/c1-5-34(23-11-8-10-21(2)18-23)16-9-15-33-31(36)29-24-12-6-7-13-25(24)32(37)35-17-14-22-19-27(38-3)28(39-4)20-26(22)30(29)35/h6-8,10-13,18-20,29-30H,5,9,14-17H2,1-4H3,(H,33,36)/t29-,30+/m0/s1. The van der Waals surface area contributed by atoms with Crippen LogP contribution in [-0.4, -0.2) is 57.1 Å². The molecule has 0 saturated heterocycles. The summed E-state index contributed by atoms with van der Waals surface area (Å²) in [6, 6.07) is 19.5. The maximum Gasteiger partial charge on any atom is 0.254 e. The first kappa shape index (κ1) is 26.6. The van der Waals surface area contributed by atoms with Gasteiger partial charge in [0.25, 0.3) is 5.91 Å². The maximum absolute atomic E-state index is 13.9. The summed E-state index contributed by atoms with van der Waals surface area (Å²) in [5.41, 5.74) is 5.83. The van der Waals surface area contributed by atoms with Crippen LogP contribution in [0.5, 0.6) is 11.5 Å². The zero-order valence-electron chi connectivity index (χ0n) is 23.2. The van der Waals surface area contributed by atoms with Gasteiger partial charge in [-0.2, -0.15) is 0 Å². The van der Waals surface area contributed by atoms with E-state index in [4.69, 9.17) is 9.47 Å². The number of hydrogen-bond acceptors (Lipinski definition) is 5. The molecule has 0 radical (unpaired) electrons. The highest BCUT2D eigenvalue weighted by atomic mass is 16.5. The number of methoxy groups -OCH3 is 2. The minimum Gasteiger partial charge on any atom is -0.493 e. The second-order valence-corrected chi connectivity index (χ2v) is 10.2. The van der Waals surface area contributed by atoms with E-state index >= 15 is 0 Å². The first-order chi connectivity index (χ1) is 19.0. The van der Waals surface area contributed by atoms with E-state index in [0.29, 0.717) is 36.6 Å². The number of fused-ring (bicyclic) bond motifs is 4. The van der Waals surface area contributed by atoms with Crippen molar-refractivity contribution in [3.05, 3.63) is 88.5 Å². The van der Waals surface area contributed by atoms with Crippen LogP contribution in [0, 0.1) is 6.92 Å². The summed E-state index contributed by atoms with van der Waals surface area (Å²) in [6.45, 7) is 7.09. The molecule has 0 aliphatic carbocycles. The summed E-state index contributed by atoms with van der Waals surface area (Å²) < 4.78 is 11.1. The van der Waals surface area contributed by atoms with Gasteiger partial charge in [0.05, 0.1) is 26.2 Å². The smallest absolute Gasteiger partial charge is 0.254 e. The number of carbonyl (C=O) groups excluding carboxylic acids is 2. The third kappa shape index (κ3) is 5.05. The van der Waals surface area contributed by atoms with Gasteiger partial charge in [-0.25, -0.2) is 0 Å². The largest absolute Gasteiger partial charge is 0.493 e. The fourth-order valence-corrected chi connectivity index (χ4v) is 6.02. The van der Waals surface area contributed by atoms with E-state index in [2.05, 4.69) is 48.3 Å². The molecule has 0 fully saturated rings. The molecule has 7 nitrogen and oxygen atoms in total. The molecule has 0 spiro atoms. The van der Waals surface area contributed by atoms with E-state index in [-0.39, 0.29) is 11.8 Å². The number of aryl methyl sites for hydroxylation is 1. The molecular formula is C32H37N3O4. The van der Waals surface area contributed by atoms with Crippen molar-refractivity contribution < 1.29 is 19.1 Å². The molecule has 2 amide bonds. The molecule has 0 saturated carbocycles. The Kier molecular flexibility index (Phi) is 7.77. The average molecular weight is 528 g/mol. The zero-order valence-corrected chi connectivity index (χ0v) is 23.2. The van der Waals surface area contributed by atoms with Gasteiger partial charge in [-0.05, 0) is 79.3 Å². The molecule has 2 aliphatic rings. The number of ether oxygens (including phenoxy) is 2. The number of amides is 2. The molecule has 2 atom stereocenters. The predicted molar refractivity (Wildman–Crippen MR) is 153 cm³/mol. The fourth-order valence-electron chi connectivity index (χ4n) is 6.02. The molecule has 2 aliphatic heterocycles. The molecule has 1 N–H and O–H groups in total. The normalized spacial score (nSPS) is 17.5. The van der Waals surface area contributed by atoms with Crippen molar-refractivity contribution in [2.24, 2.45) is 0 Å². The van der Waals surface area contributed by atoms with Crippen molar-refractivity contribution in [3.8, 4) is 11.5 Å². The predicted octanol–water partition coefficient (Wildman–Crippen LogP) is 4.88. The lowest BCUT2D eigenvalue weighted by Crippen LogP contribution is -2.50. The summed E-state index contributed by atoms with van der Waals surface area (Å²) in [5.74, 6) is 0.639. The van der Waals surface area contributed by atoms with Crippen molar-refractivity contribution in [2.45, 2.75) is 38.6 Å². The van der Waals surface area contributed by atoms with Gasteiger partial charge in [0.1, 0.15) is 0 Å². The number of benzene rings is 3. The number of hydrogen-bond donors (Lipinski definition) is 1. The highest BCUT2D eigenvalue weighted by Gasteiger charge is 2.46. The highest BCUT2D eigenvalue weighted by Crippen LogP contribution is 2.48. The molecule has 3 aromatic carbocycles. The van der Waals surface area contributed by atoms with Crippen molar-refractivity contribution in [2.75, 3.05) is 45.3 Å². The quantitative estimate of drug-likeness (QED) is 0.402. The Morgan fingerprint density at radius 3 is 2.54 bits per heavy atom. The lowest BCUT2D eigenvalue weighted by molar-refractivity contribution is -0.124. The fraction of sp³-hybridized carbons (Fsp3) is 0.375. The van der Waals surface area contributed by atoms with E-state index < -0.39 is 12.0 Å². The van der Waals surface area contributed by atoms with Crippen LogP contribution >= 0.6 is 0 Å². The Morgan fingerprint density at radius 2 is 1.79 bits per heavy atom. The second-order valence-electron chi connectivity index (χ2n) is 10.2. The second kappa shape index (κ2) is 11.4. The van der Waals surface area contributed by atoms with Gasteiger partial charge in [0, 0.05) is 37.4 Å². The number of carbonyl (C=O) groups is 2. The number of rotatable bonds is 9. The average Bonchev–Trinajstić information content (AvgIpc) is 2.96. The third-order valence-corrected chi connectivity index (χ3v) is 7.96. The van der Waals surface area contributed by atoms with E-state index in [1.165, 1.54) is 11.3 Å². The lowest BCUT2D eigenvalue weighted by Gasteiger charge is -2.45. The van der Waals surface area contributed by atoms with Crippen LogP contribution in [-0.2, 0) is 11.2 Å². The summed E-state index contributed by atoms with van der Waals surface area (Å²) in [4.78, 5) is 31.7. The van der Waals surface area contributed by atoms with E-state index in [1.54, 1.807) is 14.2 Å². The van der Waals surface area contributed by atoms with Gasteiger partial charge < -0.3 is 24.6 Å². The van der Waals surface area contributed by atoms with E-state index in [9.17, 15) is 9.59 Å². The highest BCUT2D eigenvalue weighted by molar-refractivity contribution is 6.01. The molecule has 39 heavy (non-hydrogen) atoms. The van der Waals surface area contributed by atoms with E-state index in [1.807, 2.05) is 41.3 Å². The van der Waals surface area contributed by atoms with Crippen LogP contribution in [0.25, 0.3) is 0 Å². The summed E-state index contributed by atoms with van der Waals surface area (Å²) in [6.07, 6.45) is 1.51. The molecule has 0 bridgehead atoms. The van der Waals surface area contributed by atoms with Crippen LogP contribution in [0.15, 0.2) is 60.7 Å². The van der Waals surface area contributed by atoms with Crippen LogP contribution in [0.4, 0.5) is 5.69 Å². The molecule has 0 aromatic heterocycles. The summed E-state index contributed by atoms with van der Waals surface area (Å²) in [5, 5.41) is 3.21. The van der Waals surface area contributed by atoms with Crippen molar-refractivity contribution in [1.82, 2.24) is 10.2 Å². The topological polar surface area (TPSA) is 71.1 Å². The van der Waals surface area contributed by atoms with Crippen molar-refractivity contribution >= 4 is 17.5 Å². The number of nitrogens with one attached hydrogen (secondary N) is 1. The Hall–Kier alpha value is -4.00. The molecular weight excluding hydrogens is 490 g/mol. The van der Waals surface area contributed by atoms with Gasteiger partial charge in [0.15, 0.2) is 11.5 Å². The molecule has 3 aromatic rings. The zero-order chi connectivity index (χ0) is 27.5. The maximum atomic E-state index is 13.9. The molecule has 0 unspecified atom stereocenters. The van der Waals surface area contributed by atoms with Crippen LogP contribution in [0.2, 0.25) is 0 Å². The Labute approximate surface area is 230 Å². The Morgan fingerprint density at radius 1 is 1.03 bits per heavy atom. The molecule has 204 valence electrons. The SMILES string of the molecule is CCN(CCCNC(=O)[C@H]1c2ccccc2C(=O)N2CCc3cc(OC)c(OC)cc3[C@H]12)c1cccc(C)c1. The lowest BCUT2D eigenvalue weighted by atomic mass is 9.75. The van der Waals surface area contributed by atoms with Gasteiger partial charge in [-0.1, -0.05) is 30.3 Å². The van der Waals surface area contributed by atoms with Gasteiger partial charge >= 0.3 is 0 Å². The minimum atomic E-state index is -0.518. The molecule has 7 heteroatoms.